The van der Waals surface area contributed by atoms with Crippen molar-refractivity contribution in [3.05, 3.63) is 11.1 Å². The van der Waals surface area contributed by atoms with Gasteiger partial charge in [0.15, 0.2) is 0 Å². The zero-order valence-electron chi connectivity index (χ0n) is 10.0. The summed E-state index contributed by atoms with van der Waals surface area (Å²) in [5.74, 6) is 0.620. The molecular formula is C12H22BrO2P. The Bertz CT molecular complexity index is 260. The highest BCUT2D eigenvalue weighted by Gasteiger charge is 2.27. The van der Waals surface area contributed by atoms with Gasteiger partial charge in [-0.15, -0.1) is 0 Å². The molecule has 0 aromatic heterocycles. The predicted molar refractivity (Wildman–Crippen MR) is 73.6 cm³/mol. The summed E-state index contributed by atoms with van der Waals surface area (Å²) in [6, 6.07) is 0. The van der Waals surface area contributed by atoms with Crippen molar-refractivity contribution in [2.45, 2.75) is 39.0 Å². The zero-order valence-corrected chi connectivity index (χ0v) is 12.5. The molecule has 1 aliphatic rings. The Morgan fingerprint density at radius 1 is 1.38 bits per heavy atom. The fourth-order valence-electron chi connectivity index (χ4n) is 2.38. The van der Waals surface area contributed by atoms with Crippen molar-refractivity contribution in [2.24, 2.45) is 5.92 Å². The lowest BCUT2D eigenvalue weighted by Crippen LogP contribution is -2.13. The van der Waals surface area contributed by atoms with Crippen molar-refractivity contribution in [3.8, 4) is 0 Å². The van der Waals surface area contributed by atoms with Gasteiger partial charge >= 0.3 is 0 Å². The molecule has 1 saturated carbocycles. The van der Waals surface area contributed by atoms with Gasteiger partial charge < -0.3 is 4.52 Å². The second-order valence-electron chi connectivity index (χ2n) is 4.46. The number of halogens is 1. The van der Waals surface area contributed by atoms with Gasteiger partial charge in [-0.2, -0.15) is 0 Å². The van der Waals surface area contributed by atoms with E-state index in [9.17, 15) is 4.57 Å². The van der Waals surface area contributed by atoms with E-state index in [1.165, 1.54) is 32.1 Å². The second kappa shape index (κ2) is 7.68. The summed E-state index contributed by atoms with van der Waals surface area (Å²) in [4.78, 5) is 1.78. The second-order valence-corrected chi connectivity index (χ2v) is 7.61. The molecule has 2 nitrogen and oxygen atoms in total. The molecule has 0 radical (unpaired) electrons. The van der Waals surface area contributed by atoms with Crippen molar-refractivity contribution in [1.29, 1.82) is 0 Å². The Labute approximate surface area is 107 Å². The minimum atomic E-state index is -2.42. The van der Waals surface area contributed by atoms with Crippen LogP contribution in [0.1, 0.15) is 39.0 Å². The van der Waals surface area contributed by atoms with E-state index in [2.05, 4.69) is 15.9 Å². The molecule has 0 spiro atoms. The Morgan fingerprint density at radius 3 is 2.62 bits per heavy atom. The number of hydrogen-bond acceptors (Lipinski definition) is 2. The Balaban J connectivity index is 2.51. The largest absolute Gasteiger partial charge is 0.329 e. The third-order valence-corrected chi connectivity index (χ3v) is 6.04. The van der Waals surface area contributed by atoms with Crippen LogP contribution < -0.4 is 0 Å². The van der Waals surface area contributed by atoms with Crippen LogP contribution in [0.25, 0.3) is 0 Å². The highest BCUT2D eigenvalue weighted by atomic mass is 79.9. The normalized spacial score (nSPS) is 22.4. The van der Waals surface area contributed by atoms with Crippen LogP contribution in [0.5, 0.6) is 0 Å². The third-order valence-electron chi connectivity index (χ3n) is 3.10. The van der Waals surface area contributed by atoms with Gasteiger partial charge in [-0.25, -0.2) is 0 Å². The Kier molecular flexibility index (Phi) is 6.95. The van der Waals surface area contributed by atoms with Crippen molar-refractivity contribution in [2.75, 3.05) is 18.9 Å². The zero-order chi connectivity index (χ0) is 11.9. The lowest BCUT2D eigenvalue weighted by Gasteiger charge is -2.26. The molecule has 0 N–H and O–H groups in total. The predicted octanol–water partition coefficient (Wildman–Crippen LogP) is 4.79. The summed E-state index contributed by atoms with van der Waals surface area (Å²) >= 11 is 3.22. The molecule has 0 amide bonds. The molecule has 94 valence electrons. The molecule has 1 atom stereocenters. The van der Waals surface area contributed by atoms with Gasteiger partial charge in [0.2, 0.25) is 7.37 Å². The van der Waals surface area contributed by atoms with E-state index in [1.54, 1.807) is 4.99 Å². The van der Waals surface area contributed by atoms with Crippen molar-refractivity contribution < 1.29 is 9.09 Å². The van der Waals surface area contributed by atoms with Crippen LogP contribution in [0.3, 0.4) is 0 Å². The highest BCUT2D eigenvalue weighted by molar-refractivity contribution is 9.11. The van der Waals surface area contributed by atoms with Crippen LogP contribution in [0.2, 0.25) is 0 Å². The molecule has 1 unspecified atom stereocenters. The van der Waals surface area contributed by atoms with E-state index >= 15 is 0 Å². The van der Waals surface area contributed by atoms with Crippen molar-refractivity contribution in [1.82, 2.24) is 0 Å². The first-order valence-corrected chi connectivity index (χ1v) is 9.09. The maximum atomic E-state index is 12.5. The third kappa shape index (κ3) is 5.16. The topological polar surface area (TPSA) is 26.3 Å². The first-order chi connectivity index (χ1) is 7.70. The number of rotatable bonds is 6. The smallest absolute Gasteiger partial charge is 0.207 e. The summed E-state index contributed by atoms with van der Waals surface area (Å²) in [6.45, 7) is 2.48. The molecule has 0 aliphatic heterocycles. The minimum Gasteiger partial charge on any atom is -0.329 e. The van der Waals surface area contributed by atoms with Gasteiger partial charge in [-0.3, -0.25) is 4.57 Å². The molecule has 1 rings (SSSR count). The molecule has 4 heteroatoms. The van der Waals surface area contributed by atoms with Gasteiger partial charge in [-0.05, 0) is 30.7 Å². The molecule has 0 saturated heterocycles. The Morgan fingerprint density at radius 2 is 2.06 bits per heavy atom. The van der Waals surface area contributed by atoms with Gasteiger partial charge in [0.05, 0.1) is 6.61 Å². The van der Waals surface area contributed by atoms with E-state index < -0.39 is 7.37 Å². The van der Waals surface area contributed by atoms with Gasteiger partial charge in [0, 0.05) is 12.3 Å². The molecule has 1 fully saturated rings. The average Bonchev–Trinajstić information content (AvgIpc) is 2.28. The maximum Gasteiger partial charge on any atom is 0.207 e. The fourth-order valence-corrected chi connectivity index (χ4v) is 5.26. The lowest BCUT2D eigenvalue weighted by molar-refractivity contribution is 0.317. The van der Waals surface area contributed by atoms with Crippen LogP contribution in [-0.4, -0.2) is 18.9 Å². The average molecular weight is 309 g/mol. The fraction of sp³-hybridized carbons (Fsp3) is 0.833. The van der Waals surface area contributed by atoms with E-state index in [-0.39, 0.29) is 0 Å². The van der Waals surface area contributed by atoms with Gasteiger partial charge in [-0.1, -0.05) is 41.3 Å². The summed E-state index contributed by atoms with van der Waals surface area (Å²) in [5, 5.41) is 0. The van der Waals surface area contributed by atoms with Gasteiger partial charge in [0.25, 0.3) is 0 Å². The molecule has 0 aromatic carbocycles. The molecule has 0 aromatic rings. The lowest BCUT2D eigenvalue weighted by atomic mass is 9.91. The quantitative estimate of drug-likeness (QED) is 0.659. The number of hydrogen-bond donors (Lipinski definition) is 0. The summed E-state index contributed by atoms with van der Waals surface area (Å²) in [7, 11) is -2.42. The van der Waals surface area contributed by atoms with E-state index in [4.69, 9.17) is 4.52 Å². The van der Waals surface area contributed by atoms with E-state index in [0.717, 1.165) is 6.16 Å². The van der Waals surface area contributed by atoms with Crippen LogP contribution >= 0.6 is 23.3 Å². The first kappa shape index (κ1) is 14.5. The summed E-state index contributed by atoms with van der Waals surface area (Å²) in [5.41, 5.74) is 0. The summed E-state index contributed by atoms with van der Waals surface area (Å²) < 4.78 is 18.1. The van der Waals surface area contributed by atoms with Crippen molar-refractivity contribution >= 4 is 23.3 Å². The minimum absolute atomic E-state index is 0.556. The van der Waals surface area contributed by atoms with Crippen LogP contribution in [0.15, 0.2) is 11.1 Å². The highest BCUT2D eigenvalue weighted by Crippen LogP contribution is 2.50. The molecule has 0 heterocycles. The van der Waals surface area contributed by atoms with Crippen LogP contribution in [-0.2, 0) is 9.09 Å². The molecule has 1 aliphatic carbocycles. The maximum absolute atomic E-state index is 12.5. The van der Waals surface area contributed by atoms with E-state index in [0.29, 0.717) is 18.7 Å². The number of allylic oxidation sites excluding steroid dienone is 1. The van der Waals surface area contributed by atoms with E-state index in [1.807, 2.05) is 13.0 Å². The molecule has 16 heavy (non-hydrogen) atoms. The summed E-state index contributed by atoms with van der Waals surface area (Å²) in [6.07, 6.45) is 9.65. The Hall–Kier alpha value is 0.410. The monoisotopic (exact) mass is 308 g/mol. The van der Waals surface area contributed by atoms with Gasteiger partial charge in [0.1, 0.15) is 0 Å². The SMILES string of the molecule is CCOP(=O)(C/C=C/Br)CC1CCCCC1. The molecule has 0 bridgehead atoms. The first-order valence-electron chi connectivity index (χ1n) is 6.18. The van der Waals surface area contributed by atoms with Crippen LogP contribution in [0, 0.1) is 5.92 Å². The van der Waals surface area contributed by atoms with Crippen LogP contribution in [0.4, 0.5) is 0 Å². The standard InChI is InChI=1S/C12H22BrO2P/c1-2-15-16(14,10-6-9-13)11-12-7-4-3-5-8-12/h6,9,12H,2-5,7-8,10-11H2,1H3/b9-6+. The molecular weight excluding hydrogens is 287 g/mol. The van der Waals surface area contributed by atoms with Crippen molar-refractivity contribution in [3.63, 3.8) is 0 Å².